The second kappa shape index (κ2) is 5.16. The molecule has 0 saturated heterocycles. The lowest BCUT2D eigenvalue weighted by molar-refractivity contribution is 0.800. The summed E-state index contributed by atoms with van der Waals surface area (Å²) in [6.07, 6.45) is 2.90. The van der Waals surface area contributed by atoms with E-state index in [0.29, 0.717) is 0 Å². The molecular weight excluding hydrogens is 306 g/mol. The molecule has 0 aliphatic carbocycles. The molecule has 3 aromatic rings. The minimum absolute atomic E-state index is 0.789. The molecule has 6 heteroatoms. The van der Waals surface area contributed by atoms with Gasteiger partial charge in [-0.15, -0.1) is 11.3 Å². The molecule has 23 heavy (non-hydrogen) atoms. The second-order valence-electron chi connectivity index (χ2n) is 6.07. The predicted molar refractivity (Wildman–Crippen MR) is 97.7 cm³/mol. The van der Waals surface area contributed by atoms with Gasteiger partial charge in [0, 0.05) is 43.0 Å². The third kappa shape index (κ3) is 2.25. The molecule has 1 aliphatic rings. The minimum Gasteiger partial charge on any atom is -0.364 e. The van der Waals surface area contributed by atoms with Crippen molar-refractivity contribution in [2.24, 2.45) is 12.0 Å². The van der Waals surface area contributed by atoms with Crippen molar-refractivity contribution in [3.8, 4) is 0 Å². The fourth-order valence-electron chi connectivity index (χ4n) is 3.18. The summed E-state index contributed by atoms with van der Waals surface area (Å²) >= 11 is 1.72. The van der Waals surface area contributed by atoms with Crippen molar-refractivity contribution in [3.63, 3.8) is 0 Å². The first-order valence-corrected chi connectivity index (χ1v) is 8.54. The van der Waals surface area contributed by atoms with Crippen LogP contribution < -0.4 is 5.32 Å². The number of thiophene rings is 1. The first kappa shape index (κ1) is 14.4. The molecule has 0 amide bonds. The van der Waals surface area contributed by atoms with E-state index in [1.807, 2.05) is 24.9 Å². The van der Waals surface area contributed by atoms with Gasteiger partial charge in [-0.1, -0.05) is 0 Å². The van der Waals surface area contributed by atoms with Crippen molar-refractivity contribution in [1.82, 2.24) is 14.8 Å². The molecule has 0 radical (unpaired) electrons. The predicted octanol–water partition coefficient (Wildman–Crippen LogP) is 3.96. The van der Waals surface area contributed by atoms with Crippen molar-refractivity contribution in [3.05, 3.63) is 28.6 Å². The number of nitrogens with one attached hydrogen (secondary N) is 1. The van der Waals surface area contributed by atoms with Crippen LogP contribution >= 0.6 is 11.3 Å². The third-order valence-electron chi connectivity index (χ3n) is 4.35. The van der Waals surface area contributed by atoms with Gasteiger partial charge in [0.25, 0.3) is 0 Å². The van der Waals surface area contributed by atoms with Crippen LogP contribution in [0.1, 0.15) is 24.6 Å². The molecule has 5 nitrogen and oxygen atoms in total. The molecule has 0 bridgehead atoms. The van der Waals surface area contributed by atoms with Gasteiger partial charge in [0.15, 0.2) is 5.82 Å². The van der Waals surface area contributed by atoms with Crippen LogP contribution in [-0.4, -0.2) is 27.5 Å². The van der Waals surface area contributed by atoms with E-state index in [0.717, 1.165) is 35.0 Å². The number of pyridine rings is 1. The van der Waals surface area contributed by atoms with Gasteiger partial charge in [-0.05, 0) is 38.0 Å². The SMILES string of the molecule is CC1=C(CNc2nn(C)c3c2sc2nc(C)cc(C)c23)CC=N1. The normalized spacial score (nSPS) is 14.6. The Morgan fingerprint density at radius 1 is 1.30 bits per heavy atom. The highest BCUT2D eigenvalue weighted by Gasteiger charge is 2.18. The Morgan fingerprint density at radius 2 is 2.13 bits per heavy atom. The van der Waals surface area contributed by atoms with Crippen molar-refractivity contribution in [2.45, 2.75) is 27.2 Å². The Labute approximate surface area is 138 Å². The quantitative estimate of drug-likeness (QED) is 0.793. The van der Waals surface area contributed by atoms with Crippen LogP contribution in [0.25, 0.3) is 20.4 Å². The maximum absolute atomic E-state index is 4.70. The summed E-state index contributed by atoms with van der Waals surface area (Å²) in [6.45, 7) is 7.04. The van der Waals surface area contributed by atoms with Crippen LogP contribution in [0.4, 0.5) is 5.82 Å². The van der Waals surface area contributed by atoms with Gasteiger partial charge < -0.3 is 5.32 Å². The van der Waals surface area contributed by atoms with Gasteiger partial charge in [0.1, 0.15) is 4.83 Å². The van der Waals surface area contributed by atoms with Crippen molar-refractivity contribution in [2.75, 3.05) is 11.9 Å². The first-order chi connectivity index (χ1) is 11.0. The zero-order valence-corrected chi connectivity index (χ0v) is 14.6. The standard InChI is InChI=1S/C17H19N5S/c1-9-7-10(2)20-17-13(9)14-15(23-17)16(21-22(14)4)19-8-12-5-6-18-11(12)3/h6-7H,5,8H2,1-4H3,(H,19,21). The highest BCUT2D eigenvalue weighted by molar-refractivity contribution is 7.26. The van der Waals surface area contributed by atoms with Crippen LogP contribution in [-0.2, 0) is 7.05 Å². The summed E-state index contributed by atoms with van der Waals surface area (Å²) in [7, 11) is 2.00. The molecule has 0 fully saturated rings. The number of hydrogen-bond acceptors (Lipinski definition) is 5. The smallest absolute Gasteiger partial charge is 0.166 e. The maximum atomic E-state index is 4.70. The molecule has 1 N–H and O–H groups in total. The number of nitrogens with zero attached hydrogens (tertiary/aromatic N) is 4. The van der Waals surface area contributed by atoms with Gasteiger partial charge in [0.05, 0.1) is 10.2 Å². The van der Waals surface area contributed by atoms with E-state index in [1.54, 1.807) is 11.3 Å². The highest BCUT2D eigenvalue weighted by atomic mass is 32.1. The number of hydrogen-bond donors (Lipinski definition) is 1. The van der Waals surface area contributed by atoms with Crippen molar-refractivity contribution < 1.29 is 0 Å². The number of aryl methyl sites for hydroxylation is 3. The van der Waals surface area contributed by atoms with Crippen molar-refractivity contribution >= 4 is 43.8 Å². The van der Waals surface area contributed by atoms with Gasteiger partial charge >= 0.3 is 0 Å². The van der Waals surface area contributed by atoms with Crippen LogP contribution in [0, 0.1) is 13.8 Å². The Kier molecular flexibility index (Phi) is 3.23. The van der Waals surface area contributed by atoms with Gasteiger partial charge in [0.2, 0.25) is 0 Å². The third-order valence-corrected chi connectivity index (χ3v) is 5.43. The molecule has 0 atom stereocenters. The van der Waals surface area contributed by atoms with Crippen LogP contribution in [0.2, 0.25) is 0 Å². The summed E-state index contributed by atoms with van der Waals surface area (Å²) in [5.74, 6) is 0.940. The summed E-state index contributed by atoms with van der Waals surface area (Å²) in [5.41, 5.74) is 5.94. The summed E-state index contributed by atoms with van der Waals surface area (Å²) in [5, 5.41) is 9.38. The molecule has 0 unspecified atom stereocenters. The molecule has 0 spiro atoms. The van der Waals surface area contributed by atoms with E-state index in [9.17, 15) is 0 Å². The van der Waals surface area contributed by atoms with E-state index >= 15 is 0 Å². The summed E-state index contributed by atoms with van der Waals surface area (Å²) in [4.78, 5) is 10.1. The molecule has 1 aliphatic heterocycles. The zero-order chi connectivity index (χ0) is 16.1. The Balaban J connectivity index is 1.79. The molecule has 0 saturated carbocycles. The van der Waals surface area contributed by atoms with E-state index in [4.69, 9.17) is 4.98 Å². The largest absolute Gasteiger partial charge is 0.364 e. The monoisotopic (exact) mass is 325 g/mol. The fraction of sp³-hybridized carbons (Fsp3) is 0.353. The lowest BCUT2D eigenvalue weighted by Gasteiger charge is -2.04. The fourth-order valence-corrected chi connectivity index (χ4v) is 4.46. The lowest BCUT2D eigenvalue weighted by atomic mass is 10.1. The average molecular weight is 325 g/mol. The van der Waals surface area contributed by atoms with E-state index in [2.05, 4.69) is 35.3 Å². The number of allylic oxidation sites excluding steroid dienone is 1. The number of rotatable bonds is 3. The first-order valence-electron chi connectivity index (χ1n) is 7.73. The van der Waals surface area contributed by atoms with E-state index in [1.165, 1.54) is 26.7 Å². The minimum atomic E-state index is 0.789. The molecule has 3 aromatic heterocycles. The number of anilines is 1. The molecule has 0 aromatic carbocycles. The summed E-state index contributed by atoms with van der Waals surface area (Å²) in [6, 6.07) is 2.14. The van der Waals surface area contributed by atoms with Gasteiger partial charge in [-0.3, -0.25) is 9.67 Å². The highest BCUT2D eigenvalue weighted by Crippen LogP contribution is 2.38. The van der Waals surface area contributed by atoms with Crippen LogP contribution in [0.15, 0.2) is 22.3 Å². The Hall–Kier alpha value is -2.21. The molecule has 118 valence electrons. The molecule has 4 heterocycles. The van der Waals surface area contributed by atoms with E-state index in [-0.39, 0.29) is 0 Å². The van der Waals surface area contributed by atoms with E-state index < -0.39 is 0 Å². The summed E-state index contributed by atoms with van der Waals surface area (Å²) < 4.78 is 3.15. The van der Waals surface area contributed by atoms with Crippen LogP contribution in [0.3, 0.4) is 0 Å². The number of fused-ring (bicyclic) bond motifs is 3. The van der Waals surface area contributed by atoms with Gasteiger partial charge in [-0.25, -0.2) is 4.98 Å². The number of aliphatic imine (C=N–C) groups is 1. The maximum Gasteiger partial charge on any atom is 0.166 e. The second-order valence-corrected chi connectivity index (χ2v) is 7.07. The lowest BCUT2D eigenvalue weighted by Crippen LogP contribution is -2.06. The average Bonchev–Trinajstić information content (AvgIpc) is 3.13. The Morgan fingerprint density at radius 3 is 2.87 bits per heavy atom. The van der Waals surface area contributed by atoms with Crippen molar-refractivity contribution in [1.29, 1.82) is 0 Å². The zero-order valence-electron chi connectivity index (χ0n) is 13.8. The topological polar surface area (TPSA) is 55.1 Å². The van der Waals surface area contributed by atoms with Crippen LogP contribution in [0.5, 0.6) is 0 Å². The number of aromatic nitrogens is 3. The Bertz CT molecular complexity index is 990. The molecular formula is C17H19N5S. The molecule has 4 rings (SSSR count). The van der Waals surface area contributed by atoms with Gasteiger partial charge in [-0.2, -0.15) is 5.10 Å².